The normalized spacial score (nSPS) is 15.6. The van der Waals surface area contributed by atoms with Gasteiger partial charge >= 0.3 is 0 Å². The van der Waals surface area contributed by atoms with Crippen LogP contribution in [0.4, 0.5) is 0 Å². The molecule has 0 saturated carbocycles. The van der Waals surface area contributed by atoms with Gasteiger partial charge in [-0.3, -0.25) is 9.59 Å². The molecule has 0 aliphatic carbocycles. The molecule has 6 nitrogen and oxygen atoms in total. The molecule has 2 amide bonds. The summed E-state index contributed by atoms with van der Waals surface area (Å²) >= 11 is 1.59. The highest BCUT2D eigenvalue weighted by molar-refractivity contribution is 8.00. The summed E-state index contributed by atoms with van der Waals surface area (Å²) in [4.78, 5) is 26.7. The van der Waals surface area contributed by atoms with Crippen LogP contribution in [0.3, 0.4) is 0 Å². The van der Waals surface area contributed by atoms with Crippen molar-refractivity contribution in [2.45, 2.75) is 31.7 Å². The number of amides is 2. The molecule has 33 heavy (non-hydrogen) atoms. The smallest absolute Gasteiger partial charge is 0.251 e. The lowest BCUT2D eigenvalue weighted by Crippen LogP contribution is -2.27. The van der Waals surface area contributed by atoms with Gasteiger partial charge in [-0.15, -0.1) is 11.8 Å². The van der Waals surface area contributed by atoms with E-state index in [2.05, 4.69) is 11.4 Å². The summed E-state index contributed by atoms with van der Waals surface area (Å²) in [5, 5.41) is 2.91. The van der Waals surface area contributed by atoms with Crippen LogP contribution in [0.1, 0.15) is 46.0 Å². The fourth-order valence-electron chi connectivity index (χ4n) is 3.86. The Kier molecular flexibility index (Phi) is 7.73. The second-order valence-electron chi connectivity index (χ2n) is 7.79. The molecule has 1 aromatic heterocycles. The number of carbonyl (C=O) groups is 2. The van der Waals surface area contributed by atoms with Crippen molar-refractivity contribution in [2.24, 2.45) is 0 Å². The molecule has 172 valence electrons. The number of benzene rings is 2. The third kappa shape index (κ3) is 5.79. The molecule has 0 radical (unpaired) electrons. The first kappa shape index (κ1) is 23.0. The van der Waals surface area contributed by atoms with Crippen molar-refractivity contribution < 1.29 is 18.7 Å². The molecule has 2 heterocycles. The second-order valence-corrected chi connectivity index (χ2v) is 8.86. The number of ether oxygens (including phenoxy) is 1. The lowest BCUT2D eigenvalue weighted by molar-refractivity contribution is -0.128. The van der Waals surface area contributed by atoms with Gasteiger partial charge in [-0.2, -0.15) is 0 Å². The molecular formula is C26H28N2O4S. The largest absolute Gasteiger partial charge is 0.494 e. The van der Waals surface area contributed by atoms with E-state index in [9.17, 15) is 9.59 Å². The number of nitrogens with zero attached hydrogens (tertiary/aromatic N) is 1. The number of nitrogens with one attached hydrogen (secondary N) is 1. The van der Waals surface area contributed by atoms with Gasteiger partial charge in [0.2, 0.25) is 5.91 Å². The summed E-state index contributed by atoms with van der Waals surface area (Å²) in [7, 11) is 0. The molecule has 0 spiro atoms. The number of hydrogen-bond donors (Lipinski definition) is 1. The van der Waals surface area contributed by atoms with Crippen LogP contribution in [0.5, 0.6) is 5.75 Å². The van der Waals surface area contributed by atoms with E-state index < -0.39 is 0 Å². The Hall–Kier alpha value is -3.19. The van der Waals surface area contributed by atoms with Gasteiger partial charge in [0.15, 0.2) is 0 Å². The molecule has 7 heteroatoms. The first-order chi connectivity index (χ1) is 16.2. The highest BCUT2D eigenvalue weighted by atomic mass is 32.2. The number of rotatable bonds is 10. The molecule has 1 N–H and O–H groups in total. The molecule has 1 saturated heterocycles. The highest BCUT2D eigenvalue weighted by Gasteiger charge is 2.33. The van der Waals surface area contributed by atoms with Crippen molar-refractivity contribution in [3.05, 3.63) is 89.4 Å². The first-order valence-corrected chi connectivity index (χ1v) is 12.2. The van der Waals surface area contributed by atoms with Crippen LogP contribution in [0.25, 0.3) is 0 Å². The predicted molar refractivity (Wildman–Crippen MR) is 129 cm³/mol. The molecule has 3 aromatic rings. The Labute approximate surface area is 198 Å². The maximum absolute atomic E-state index is 12.6. The molecule has 4 rings (SSSR count). The second kappa shape index (κ2) is 11.1. The lowest BCUT2D eigenvalue weighted by atomic mass is 10.1. The van der Waals surface area contributed by atoms with Gasteiger partial charge in [0, 0.05) is 12.1 Å². The van der Waals surface area contributed by atoms with Crippen molar-refractivity contribution in [1.82, 2.24) is 10.2 Å². The van der Waals surface area contributed by atoms with Crippen LogP contribution < -0.4 is 10.1 Å². The fraction of sp³-hybridized carbons (Fsp3) is 0.308. The summed E-state index contributed by atoms with van der Waals surface area (Å²) < 4.78 is 11.1. The van der Waals surface area contributed by atoms with Gasteiger partial charge in [-0.05, 0) is 61.2 Å². The minimum absolute atomic E-state index is 0.0786. The van der Waals surface area contributed by atoms with Gasteiger partial charge in [0.05, 0.1) is 25.2 Å². The topological polar surface area (TPSA) is 71.8 Å². The van der Waals surface area contributed by atoms with Gasteiger partial charge < -0.3 is 19.4 Å². The summed E-state index contributed by atoms with van der Waals surface area (Å²) in [5.41, 5.74) is 2.77. The zero-order valence-electron chi connectivity index (χ0n) is 18.7. The van der Waals surface area contributed by atoms with Crippen LogP contribution in [-0.2, 0) is 17.8 Å². The van der Waals surface area contributed by atoms with E-state index in [1.807, 2.05) is 66.4 Å². The Morgan fingerprint density at radius 3 is 2.73 bits per heavy atom. The summed E-state index contributed by atoms with van der Waals surface area (Å²) in [6.07, 6.45) is 3.29. The summed E-state index contributed by atoms with van der Waals surface area (Å²) in [6, 6.07) is 19.2. The molecule has 1 aliphatic heterocycles. The molecule has 1 fully saturated rings. The minimum atomic E-state index is -0.0952. The van der Waals surface area contributed by atoms with Crippen LogP contribution in [0, 0.1) is 0 Å². The number of hydrogen-bond acceptors (Lipinski definition) is 5. The molecule has 2 aromatic carbocycles. The van der Waals surface area contributed by atoms with E-state index in [1.165, 1.54) is 0 Å². The van der Waals surface area contributed by atoms with E-state index in [1.54, 1.807) is 18.0 Å². The number of para-hydroxylation sites is 1. The highest BCUT2D eigenvalue weighted by Crippen LogP contribution is 2.39. The molecule has 1 aliphatic rings. The van der Waals surface area contributed by atoms with Crippen molar-refractivity contribution >= 4 is 23.6 Å². The standard InChI is InChI=1S/C26H28N2O4S/c1-2-31-23-10-4-3-7-19(23)8-5-15-27-25(30)20-11-13-21(14-12-20)26-28(24(29)18-33-26)17-22-9-6-16-32-22/h3-4,6-7,9-14,16,26H,2,5,8,15,17-18H2,1H3,(H,27,30)/t26-/m1/s1. The maximum Gasteiger partial charge on any atom is 0.251 e. The Balaban J connectivity index is 1.30. The predicted octanol–water partition coefficient (Wildman–Crippen LogP) is 4.82. The maximum atomic E-state index is 12.6. The van der Waals surface area contributed by atoms with Crippen LogP contribution >= 0.6 is 11.8 Å². The number of furan rings is 1. The van der Waals surface area contributed by atoms with E-state index in [4.69, 9.17) is 9.15 Å². The van der Waals surface area contributed by atoms with Crippen molar-refractivity contribution in [3.8, 4) is 5.75 Å². The fourth-order valence-corrected chi connectivity index (χ4v) is 5.05. The van der Waals surface area contributed by atoms with Crippen molar-refractivity contribution in [1.29, 1.82) is 0 Å². The third-order valence-corrected chi connectivity index (χ3v) is 6.77. The SMILES string of the molecule is CCOc1ccccc1CCCNC(=O)c1ccc([C@H]2SCC(=O)N2Cc2ccco2)cc1. The van der Waals surface area contributed by atoms with Crippen molar-refractivity contribution in [3.63, 3.8) is 0 Å². The Morgan fingerprint density at radius 2 is 1.97 bits per heavy atom. The van der Waals surface area contributed by atoms with E-state index in [0.717, 1.165) is 35.5 Å². The van der Waals surface area contributed by atoms with Crippen LogP contribution in [-0.4, -0.2) is 35.6 Å². The van der Waals surface area contributed by atoms with Gasteiger partial charge in [0.25, 0.3) is 5.91 Å². The average Bonchev–Trinajstić information content (AvgIpc) is 3.48. The number of carbonyl (C=O) groups excluding carboxylic acids is 2. The molecule has 1 atom stereocenters. The quantitative estimate of drug-likeness (QED) is 0.436. The molecule has 0 unspecified atom stereocenters. The zero-order valence-corrected chi connectivity index (χ0v) is 19.5. The van der Waals surface area contributed by atoms with Crippen LogP contribution in [0.15, 0.2) is 71.3 Å². The average molecular weight is 465 g/mol. The number of aryl methyl sites for hydroxylation is 1. The number of thioether (sulfide) groups is 1. The van der Waals surface area contributed by atoms with Crippen molar-refractivity contribution in [2.75, 3.05) is 18.9 Å². The first-order valence-electron chi connectivity index (χ1n) is 11.2. The molecular weight excluding hydrogens is 436 g/mol. The minimum Gasteiger partial charge on any atom is -0.494 e. The third-order valence-electron chi connectivity index (χ3n) is 5.51. The summed E-state index contributed by atoms with van der Waals surface area (Å²) in [6.45, 7) is 3.64. The monoisotopic (exact) mass is 464 g/mol. The molecule has 0 bridgehead atoms. The van der Waals surface area contributed by atoms with E-state index in [-0.39, 0.29) is 17.2 Å². The van der Waals surface area contributed by atoms with Gasteiger partial charge in [-0.25, -0.2) is 0 Å². The zero-order chi connectivity index (χ0) is 23.0. The lowest BCUT2D eigenvalue weighted by Gasteiger charge is -2.23. The van der Waals surface area contributed by atoms with Gasteiger partial charge in [0.1, 0.15) is 16.9 Å². The van der Waals surface area contributed by atoms with Crippen LogP contribution in [0.2, 0.25) is 0 Å². The van der Waals surface area contributed by atoms with E-state index in [0.29, 0.717) is 31.0 Å². The summed E-state index contributed by atoms with van der Waals surface area (Å²) in [5.74, 6) is 2.11. The Morgan fingerprint density at radius 1 is 1.15 bits per heavy atom. The van der Waals surface area contributed by atoms with Gasteiger partial charge in [-0.1, -0.05) is 30.3 Å². The van der Waals surface area contributed by atoms with E-state index >= 15 is 0 Å². The Bertz CT molecular complexity index is 1070.